The molecule has 0 aliphatic heterocycles. The van der Waals surface area contributed by atoms with Crippen LogP contribution in [0.1, 0.15) is 76.0 Å². The summed E-state index contributed by atoms with van der Waals surface area (Å²) in [6, 6.07) is 21.4. The van der Waals surface area contributed by atoms with Gasteiger partial charge in [-0.3, -0.25) is 14.3 Å². The second-order valence-electron chi connectivity index (χ2n) is 11.5. The molecule has 1 amide bonds. The lowest BCUT2D eigenvalue weighted by Gasteiger charge is -2.35. The molecule has 0 aromatic heterocycles. The van der Waals surface area contributed by atoms with Crippen molar-refractivity contribution in [3.63, 3.8) is 0 Å². The summed E-state index contributed by atoms with van der Waals surface area (Å²) in [6.07, 6.45) is 0.513. The Morgan fingerprint density at radius 1 is 0.838 bits per heavy atom. The lowest BCUT2D eigenvalue weighted by molar-refractivity contribution is -0.118. The van der Waals surface area contributed by atoms with Crippen molar-refractivity contribution < 1.29 is 24.3 Å². The van der Waals surface area contributed by atoms with Crippen molar-refractivity contribution in [2.24, 2.45) is 0 Å². The highest BCUT2D eigenvalue weighted by atomic mass is 31.2. The Bertz CT molecular complexity index is 1240. The Kier molecular flexibility index (Phi) is 8.38. The van der Waals surface area contributed by atoms with Gasteiger partial charge >= 0.3 is 7.60 Å². The molecule has 0 heterocycles. The zero-order valence-electron chi connectivity index (χ0n) is 22.5. The highest BCUT2D eigenvalue weighted by molar-refractivity contribution is 7.52. The van der Waals surface area contributed by atoms with Gasteiger partial charge in [0.25, 0.3) is 0 Å². The first-order valence-corrected chi connectivity index (χ1v) is 14.1. The number of rotatable bonds is 7. The van der Waals surface area contributed by atoms with Gasteiger partial charge < -0.3 is 14.9 Å². The minimum atomic E-state index is -4.90. The molecule has 37 heavy (non-hydrogen) atoms. The Labute approximate surface area is 220 Å². The molecule has 3 rings (SSSR count). The van der Waals surface area contributed by atoms with Crippen LogP contribution in [0.15, 0.2) is 72.8 Å². The van der Waals surface area contributed by atoms with Crippen molar-refractivity contribution in [2.75, 3.05) is 4.90 Å². The molecule has 0 fully saturated rings. The van der Waals surface area contributed by atoms with Crippen LogP contribution in [0.25, 0.3) is 0 Å². The van der Waals surface area contributed by atoms with E-state index in [2.05, 4.69) is 0 Å². The molecule has 3 N–H and O–H groups in total. The van der Waals surface area contributed by atoms with Crippen LogP contribution in [0.2, 0.25) is 0 Å². The number of carbonyl (C=O) groups is 1. The molecule has 3 aromatic rings. The number of para-hydroxylation sites is 1. The maximum atomic E-state index is 13.7. The third-order valence-corrected chi connectivity index (χ3v) is 7.55. The summed E-state index contributed by atoms with van der Waals surface area (Å²) < 4.78 is 13.2. The number of anilines is 1. The smallest absolute Gasteiger partial charge is 0.352 e. The SMILES string of the molecule is CC(C)(C)c1cc(C(N(C(=O)CCc2ccccc2)c2ccccc2)P(=O)(O)O)cc(C(C)(C)C)c1O. The predicted octanol–water partition coefficient (Wildman–Crippen LogP) is 6.83. The summed E-state index contributed by atoms with van der Waals surface area (Å²) in [5.41, 5.74) is 1.78. The topological polar surface area (TPSA) is 98.1 Å². The molecule has 198 valence electrons. The molecule has 0 aliphatic rings. The van der Waals surface area contributed by atoms with Crippen LogP contribution < -0.4 is 4.90 Å². The summed E-state index contributed by atoms with van der Waals surface area (Å²) in [4.78, 5) is 36.4. The maximum Gasteiger partial charge on any atom is 0.352 e. The number of amides is 1. The molecule has 0 aliphatic carbocycles. The van der Waals surface area contributed by atoms with Gasteiger partial charge in [0.05, 0.1) is 0 Å². The number of aromatic hydroxyl groups is 1. The van der Waals surface area contributed by atoms with Gasteiger partial charge in [-0.2, -0.15) is 0 Å². The van der Waals surface area contributed by atoms with Crippen LogP contribution in [0.5, 0.6) is 5.75 Å². The molecule has 0 saturated carbocycles. The van der Waals surface area contributed by atoms with E-state index >= 15 is 0 Å². The van der Waals surface area contributed by atoms with Gasteiger partial charge in [-0.25, -0.2) is 0 Å². The van der Waals surface area contributed by atoms with Crippen molar-refractivity contribution >= 4 is 19.2 Å². The van der Waals surface area contributed by atoms with Gasteiger partial charge in [-0.15, -0.1) is 0 Å². The predicted molar refractivity (Wildman–Crippen MR) is 149 cm³/mol. The molecule has 0 saturated heterocycles. The highest BCUT2D eigenvalue weighted by Crippen LogP contribution is 2.56. The standard InChI is InChI=1S/C30H38NO5P/c1-29(2,3)24-19-22(20-25(27(24)33)30(4,5)6)28(37(34,35)36)31(23-15-11-8-12-16-23)26(32)18-17-21-13-9-7-10-14-21/h7-16,19-20,28,33H,17-18H2,1-6H3,(H2,34,35,36). The van der Waals surface area contributed by atoms with E-state index in [-0.39, 0.29) is 17.7 Å². The quantitative estimate of drug-likeness (QED) is 0.295. The molecular weight excluding hydrogens is 485 g/mol. The minimum Gasteiger partial charge on any atom is -0.507 e. The number of hydrogen-bond donors (Lipinski definition) is 3. The Morgan fingerprint density at radius 2 is 1.30 bits per heavy atom. The molecule has 0 spiro atoms. The van der Waals surface area contributed by atoms with Crippen LogP contribution in [-0.4, -0.2) is 20.8 Å². The van der Waals surface area contributed by atoms with Crippen LogP contribution in [0, 0.1) is 0 Å². The fourth-order valence-electron chi connectivity index (χ4n) is 4.47. The van der Waals surface area contributed by atoms with Crippen molar-refractivity contribution in [3.05, 3.63) is 95.1 Å². The molecule has 1 unspecified atom stereocenters. The molecule has 1 atom stereocenters. The first kappa shape index (κ1) is 28.6. The Balaban J connectivity index is 2.23. The van der Waals surface area contributed by atoms with E-state index in [4.69, 9.17) is 0 Å². The van der Waals surface area contributed by atoms with E-state index in [1.165, 1.54) is 4.90 Å². The zero-order chi connectivity index (χ0) is 27.6. The molecule has 7 heteroatoms. The Hall–Kier alpha value is -2.92. The van der Waals surface area contributed by atoms with E-state index in [1.807, 2.05) is 71.9 Å². The van der Waals surface area contributed by atoms with E-state index < -0.39 is 30.1 Å². The summed E-state index contributed by atoms with van der Waals surface area (Å²) in [6.45, 7) is 11.6. The lowest BCUT2D eigenvalue weighted by Crippen LogP contribution is -2.35. The fourth-order valence-corrected chi connectivity index (χ4v) is 5.57. The van der Waals surface area contributed by atoms with Crippen molar-refractivity contribution in [2.45, 2.75) is 71.0 Å². The normalized spacial score (nSPS) is 13.3. The van der Waals surface area contributed by atoms with Crippen LogP contribution >= 0.6 is 7.60 Å². The third kappa shape index (κ3) is 6.89. The zero-order valence-corrected chi connectivity index (χ0v) is 23.4. The summed E-state index contributed by atoms with van der Waals surface area (Å²) >= 11 is 0. The molecule has 6 nitrogen and oxygen atoms in total. The molecule has 3 aromatic carbocycles. The van der Waals surface area contributed by atoms with Gasteiger partial charge in [-0.05, 0) is 63.8 Å². The number of carbonyl (C=O) groups excluding carboxylic acids is 1. The van der Waals surface area contributed by atoms with Crippen molar-refractivity contribution in [1.82, 2.24) is 0 Å². The number of hydrogen-bond acceptors (Lipinski definition) is 3. The van der Waals surface area contributed by atoms with Gasteiger partial charge in [0.2, 0.25) is 5.91 Å². The first-order chi connectivity index (χ1) is 17.1. The molecular formula is C30H38NO5P. The van der Waals surface area contributed by atoms with Crippen LogP contribution in [0.3, 0.4) is 0 Å². The van der Waals surface area contributed by atoms with Gasteiger partial charge in [0.15, 0.2) is 5.78 Å². The van der Waals surface area contributed by atoms with Crippen LogP contribution in [0.4, 0.5) is 5.69 Å². The number of benzene rings is 3. The average molecular weight is 524 g/mol. The summed E-state index contributed by atoms with van der Waals surface area (Å²) in [5, 5.41) is 11.2. The number of phenolic OH excluding ortho intramolecular Hbond substituents is 1. The largest absolute Gasteiger partial charge is 0.507 e. The van der Waals surface area contributed by atoms with Crippen LogP contribution in [-0.2, 0) is 26.6 Å². The van der Waals surface area contributed by atoms with E-state index in [0.29, 0.717) is 23.2 Å². The van der Waals surface area contributed by atoms with Gasteiger partial charge in [0.1, 0.15) is 5.75 Å². The molecule has 0 bridgehead atoms. The minimum absolute atomic E-state index is 0.0751. The monoisotopic (exact) mass is 523 g/mol. The average Bonchev–Trinajstić information content (AvgIpc) is 2.80. The van der Waals surface area contributed by atoms with Crippen molar-refractivity contribution in [1.29, 1.82) is 0 Å². The van der Waals surface area contributed by atoms with Crippen molar-refractivity contribution in [3.8, 4) is 5.75 Å². The number of aryl methyl sites for hydroxylation is 1. The van der Waals surface area contributed by atoms with Gasteiger partial charge in [0, 0.05) is 12.1 Å². The van der Waals surface area contributed by atoms with E-state index in [9.17, 15) is 24.3 Å². The maximum absolute atomic E-state index is 13.7. The number of nitrogens with zero attached hydrogens (tertiary/aromatic N) is 1. The Morgan fingerprint density at radius 3 is 1.73 bits per heavy atom. The lowest BCUT2D eigenvalue weighted by atomic mass is 9.78. The third-order valence-electron chi connectivity index (χ3n) is 6.38. The second-order valence-corrected chi connectivity index (χ2v) is 13.2. The number of phenols is 1. The second kappa shape index (κ2) is 10.8. The fraction of sp³-hybridized carbons (Fsp3) is 0.367. The summed E-state index contributed by atoms with van der Waals surface area (Å²) in [5.74, 6) is -1.85. The highest BCUT2D eigenvalue weighted by Gasteiger charge is 2.41. The van der Waals surface area contributed by atoms with Gasteiger partial charge in [-0.1, -0.05) is 90.1 Å². The van der Waals surface area contributed by atoms with E-state index in [0.717, 1.165) is 5.56 Å². The first-order valence-electron chi connectivity index (χ1n) is 12.4. The molecule has 0 radical (unpaired) electrons. The van der Waals surface area contributed by atoms with E-state index in [1.54, 1.807) is 42.5 Å². The summed E-state index contributed by atoms with van der Waals surface area (Å²) in [7, 11) is -4.90.